The van der Waals surface area contributed by atoms with Gasteiger partial charge in [-0.2, -0.15) is 6.07 Å². The van der Waals surface area contributed by atoms with E-state index in [1.165, 1.54) is 16.7 Å². The fourth-order valence-electron chi connectivity index (χ4n) is 8.09. The average Bonchev–Trinajstić information content (AvgIpc) is 3.84. The number of pyridine rings is 1. The van der Waals surface area contributed by atoms with E-state index < -0.39 is 0 Å². The SMILES string of the molecule is CC(C)(C)c1cc(Oc2[c-]c3c(cc2)c2ccccc2n3-c2cc(C(C)(C)c3ccccc3)ccn2)[c-]c(N2[CH-]N(c3cccc(C(C)(C)C)c3)C=C2c2ccccc2)c1.[Pt]. The Morgan fingerprint density at radius 1 is 0.574 bits per heavy atom. The van der Waals surface area contributed by atoms with E-state index in [9.17, 15) is 0 Å². The van der Waals surface area contributed by atoms with Crippen LogP contribution in [-0.2, 0) is 37.3 Å². The van der Waals surface area contributed by atoms with Crippen LogP contribution in [0.2, 0.25) is 0 Å². The zero-order valence-corrected chi connectivity index (χ0v) is 38.4. The predicted octanol–water partition coefficient (Wildman–Crippen LogP) is 13.9. The Morgan fingerprint density at radius 2 is 1.26 bits per heavy atom. The molecule has 0 saturated carbocycles. The smallest absolute Gasteiger partial charge is 0.135 e. The van der Waals surface area contributed by atoms with Crippen molar-refractivity contribution in [3.63, 3.8) is 0 Å². The number of hydrogen-bond acceptors (Lipinski definition) is 4. The second kappa shape index (κ2) is 16.2. The van der Waals surface area contributed by atoms with Gasteiger partial charge in [-0.05, 0) is 75.0 Å². The van der Waals surface area contributed by atoms with Crippen LogP contribution >= 0.6 is 0 Å². The summed E-state index contributed by atoms with van der Waals surface area (Å²) in [6.45, 7) is 20.2. The maximum atomic E-state index is 6.83. The molecule has 1 aliphatic rings. The molecule has 6 aromatic carbocycles. The zero-order chi connectivity index (χ0) is 41.8. The number of anilines is 2. The van der Waals surface area contributed by atoms with Crippen LogP contribution < -0.4 is 14.5 Å². The van der Waals surface area contributed by atoms with E-state index in [0.717, 1.165) is 55.8 Å². The van der Waals surface area contributed by atoms with Crippen LogP contribution in [0.4, 0.5) is 11.4 Å². The van der Waals surface area contributed by atoms with Crippen molar-refractivity contribution in [2.45, 2.75) is 71.6 Å². The van der Waals surface area contributed by atoms with E-state index >= 15 is 0 Å². The van der Waals surface area contributed by atoms with Crippen LogP contribution in [0.1, 0.15) is 83.2 Å². The van der Waals surface area contributed by atoms with Crippen molar-refractivity contribution in [1.29, 1.82) is 0 Å². The molecule has 0 bridgehead atoms. The van der Waals surface area contributed by atoms with Crippen molar-refractivity contribution < 1.29 is 25.8 Å². The van der Waals surface area contributed by atoms with E-state index in [0.29, 0.717) is 11.5 Å². The summed E-state index contributed by atoms with van der Waals surface area (Å²) < 4.78 is 9.04. The minimum Gasteiger partial charge on any atom is -0.509 e. The molecule has 3 heterocycles. The molecule has 0 aliphatic carbocycles. The van der Waals surface area contributed by atoms with Gasteiger partial charge in [0.2, 0.25) is 0 Å². The number of rotatable bonds is 8. The van der Waals surface area contributed by atoms with Gasteiger partial charge in [0.25, 0.3) is 0 Å². The molecule has 1 aliphatic heterocycles. The molecule has 5 nitrogen and oxygen atoms in total. The monoisotopic (exact) mass is 978 g/mol. The van der Waals surface area contributed by atoms with Gasteiger partial charge in [-0.25, -0.2) is 4.98 Å². The third-order valence-electron chi connectivity index (χ3n) is 11.8. The van der Waals surface area contributed by atoms with Gasteiger partial charge in [0, 0.05) is 61.1 Å². The van der Waals surface area contributed by atoms with Gasteiger partial charge in [-0.1, -0.05) is 152 Å². The summed E-state index contributed by atoms with van der Waals surface area (Å²) in [6, 6.07) is 58.7. The van der Waals surface area contributed by atoms with Crippen molar-refractivity contribution in [3.05, 3.63) is 205 Å². The van der Waals surface area contributed by atoms with Crippen molar-refractivity contribution >= 4 is 38.9 Å². The fourth-order valence-corrected chi connectivity index (χ4v) is 8.09. The molecule has 0 saturated heterocycles. The minimum atomic E-state index is -0.225. The molecule has 0 unspecified atom stereocenters. The van der Waals surface area contributed by atoms with Crippen LogP contribution in [0.25, 0.3) is 33.3 Å². The zero-order valence-electron chi connectivity index (χ0n) is 36.1. The van der Waals surface area contributed by atoms with Crippen molar-refractivity contribution in [1.82, 2.24) is 9.55 Å². The second-order valence-electron chi connectivity index (χ2n) is 18.4. The van der Waals surface area contributed by atoms with E-state index in [4.69, 9.17) is 9.72 Å². The third-order valence-corrected chi connectivity index (χ3v) is 11.8. The second-order valence-corrected chi connectivity index (χ2v) is 18.4. The van der Waals surface area contributed by atoms with Crippen LogP contribution in [-0.4, -0.2) is 9.55 Å². The van der Waals surface area contributed by atoms with Crippen LogP contribution in [0.3, 0.4) is 0 Å². The molecule has 6 heteroatoms. The van der Waals surface area contributed by atoms with Gasteiger partial charge in [0.15, 0.2) is 0 Å². The molecule has 0 amide bonds. The summed E-state index contributed by atoms with van der Waals surface area (Å²) in [5, 5.41) is 2.22. The average molecular weight is 979 g/mol. The van der Waals surface area contributed by atoms with Gasteiger partial charge in [0.05, 0.1) is 0 Å². The molecule has 0 fully saturated rings. The first kappa shape index (κ1) is 41.8. The maximum absolute atomic E-state index is 6.83. The summed E-state index contributed by atoms with van der Waals surface area (Å²) in [5.41, 5.74) is 10.6. The Kier molecular flexibility index (Phi) is 11.1. The van der Waals surface area contributed by atoms with Gasteiger partial charge in [-0.15, -0.1) is 53.6 Å². The first-order valence-corrected chi connectivity index (χ1v) is 20.8. The Hall–Kier alpha value is -5.90. The molecule has 0 spiro atoms. The fraction of sp³-hybridized carbons (Fsp3) is 0.200. The first-order chi connectivity index (χ1) is 28.7. The number of aromatic nitrogens is 2. The van der Waals surface area contributed by atoms with E-state index in [2.05, 4.69) is 234 Å². The molecule has 0 N–H and O–H groups in total. The molecular weight excluding hydrogens is 928 g/mol. The molecule has 0 atom stereocenters. The molecule has 8 aromatic rings. The number of para-hydroxylation sites is 1. The van der Waals surface area contributed by atoms with Gasteiger partial charge < -0.3 is 19.1 Å². The topological polar surface area (TPSA) is 33.5 Å². The minimum absolute atomic E-state index is 0. The van der Waals surface area contributed by atoms with Crippen LogP contribution in [0.15, 0.2) is 158 Å². The molecule has 9 rings (SSSR count). The summed E-state index contributed by atoms with van der Waals surface area (Å²) in [6.07, 6.45) is 4.13. The molecule has 61 heavy (non-hydrogen) atoms. The summed E-state index contributed by atoms with van der Waals surface area (Å²) in [7, 11) is 0. The predicted molar refractivity (Wildman–Crippen MR) is 249 cm³/mol. The molecule has 0 radical (unpaired) electrons. The number of benzene rings is 6. The molecule has 2 aromatic heterocycles. The van der Waals surface area contributed by atoms with Gasteiger partial charge >= 0.3 is 0 Å². The quantitative estimate of drug-likeness (QED) is 0.142. The largest absolute Gasteiger partial charge is 0.509 e. The molecular formula is C55H51N4OPt-3. The molecule has 310 valence electrons. The summed E-state index contributed by atoms with van der Waals surface area (Å²) >= 11 is 0. The van der Waals surface area contributed by atoms with E-state index in [-0.39, 0.29) is 37.3 Å². The summed E-state index contributed by atoms with van der Waals surface area (Å²) in [5.74, 6) is 2.06. The Labute approximate surface area is 375 Å². The number of ether oxygens (including phenoxy) is 1. The Bertz CT molecular complexity index is 2880. The number of nitrogens with zero attached hydrogens (tertiary/aromatic N) is 4. The standard InChI is InChI=1S/C55H51N4O.Pt/c1-53(2,3)40-22-17-23-43(30-40)57-36-51(38-18-11-9-12-19-38)58(37-57)44-31-42(54(4,5)6)32-46(34-44)60-45-26-27-48-47-24-15-16-25-49(47)59(50(48)35-45)52-33-41(28-29-56-52)55(7,8)39-20-13-10-14-21-39;/h9-33,36-37H,1-8H3;/q-3;. The van der Waals surface area contributed by atoms with Crippen molar-refractivity contribution in [3.8, 4) is 17.3 Å². The third kappa shape index (κ3) is 8.17. The van der Waals surface area contributed by atoms with Crippen LogP contribution in [0.5, 0.6) is 11.5 Å². The Morgan fingerprint density at radius 3 is 2.00 bits per heavy atom. The Balaban J connectivity index is 0.00000514. The van der Waals surface area contributed by atoms with Crippen molar-refractivity contribution in [2.75, 3.05) is 9.80 Å². The number of fused-ring (bicyclic) bond motifs is 3. The van der Waals surface area contributed by atoms with E-state index in [1.54, 1.807) is 0 Å². The van der Waals surface area contributed by atoms with Gasteiger partial charge in [0.1, 0.15) is 5.82 Å². The first-order valence-electron chi connectivity index (χ1n) is 20.8. The van der Waals surface area contributed by atoms with Crippen LogP contribution in [0, 0.1) is 18.8 Å². The van der Waals surface area contributed by atoms with Gasteiger partial charge in [-0.3, -0.25) is 0 Å². The number of hydrogen-bond donors (Lipinski definition) is 0. The van der Waals surface area contributed by atoms with Crippen molar-refractivity contribution in [2.24, 2.45) is 0 Å². The summed E-state index contributed by atoms with van der Waals surface area (Å²) in [4.78, 5) is 9.38. The van der Waals surface area contributed by atoms with E-state index in [1.807, 2.05) is 12.3 Å². The maximum Gasteiger partial charge on any atom is 0.135 e. The normalized spacial score (nSPS) is 13.4.